The van der Waals surface area contributed by atoms with Crippen LogP contribution in [0.1, 0.15) is 5.56 Å². The fourth-order valence-electron chi connectivity index (χ4n) is 2.44. The minimum absolute atomic E-state index is 0.249. The van der Waals surface area contributed by atoms with E-state index in [1.807, 2.05) is 36.4 Å². The van der Waals surface area contributed by atoms with E-state index >= 15 is 0 Å². The van der Waals surface area contributed by atoms with E-state index in [4.69, 9.17) is 14.7 Å². The fourth-order valence-corrected chi connectivity index (χ4v) is 2.44. The topological polar surface area (TPSA) is 68.0 Å². The molecule has 2 aromatic carbocycles. The van der Waals surface area contributed by atoms with Gasteiger partial charge in [-0.05, 0) is 36.4 Å². The summed E-state index contributed by atoms with van der Waals surface area (Å²) < 4.78 is 10.7. The Morgan fingerprint density at radius 3 is 2.30 bits per heavy atom. The average Bonchev–Trinajstić information content (AvgIpc) is 3.09. The van der Waals surface area contributed by atoms with Crippen LogP contribution in [0.15, 0.2) is 54.9 Å². The summed E-state index contributed by atoms with van der Waals surface area (Å²) in [6.07, 6.45) is 1.54. The Bertz CT molecular complexity index is 914. The number of hydrogen-bond acceptors (Lipinski definition) is 5. The van der Waals surface area contributed by atoms with Gasteiger partial charge in [-0.15, -0.1) is 0 Å². The van der Waals surface area contributed by atoms with Gasteiger partial charge in [0.1, 0.15) is 6.33 Å². The molecule has 0 bridgehead atoms. The van der Waals surface area contributed by atoms with Gasteiger partial charge in [-0.3, -0.25) is 0 Å². The maximum atomic E-state index is 8.87. The summed E-state index contributed by atoms with van der Waals surface area (Å²) in [5, 5.41) is 8.87. The molecule has 0 N–H and O–H groups in total. The number of benzene rings is 2. The normalized spacial score (nSPS) is 12.0. The molecular weight excluding hydrogens is 290 g/mol. The Balaban J connectivity index is 1.72. The number of ether oxygens (including phenoxy) is 2. The van der Waals surface area contributed by atoms with Crippen LogP contribution in [0.3, 0.4) is 0 Å². The first-order chi connectivity index (χ1) is 11.3. The van der Waals surface area contributed by atoms with Crippen LogP contribution in [0.25, 0.3) is 22.5 Å². The van der Waals surface area contributed by atoms with E-state index in [0.717, 1.165) is 34.0 Å². The van der Waals surface area contributed by atoms with Crippen LogP contribution < -0.4 is 9.47 Å². The minimum Gasteiger partial charge on any atom is -0.454 e. The Kier molecular flexibility index (Phi) is 3.13. The summed E-state index contributed by atoms with van der Waals surface area (Å²) in [6, 6.07) is 17.1. The van der Waals surface area contributed by atoms with E-state index < -0.39 is 0 Å². The maximum absolute atomic E-state index is 8.87. The molecule has 0 aliphatic carbocycles. The lowest BCUT2D eigenvalue weighted by molar-refractivity contribution is 0.174. The van der Waals surface area contributed by atoms with E-state index in [2.05, 4.69) is 16.0 Å². The summed E-state index contributed by atoms with van der Waals surface area (Å²) >= 11 is 0. The van der Waals surface area contributed by atoms with Gasteiger partial charge in [0.25, 0.3) is 0 Å². The largest absolute Gasteiger partial charge is 0.454 e. The van der Waals surface area contributed by atoms with Crippen molar-refractivity contribution < 1.29 is 9.47 Å². The van der Waals surface area contributed by atoms with E-state index in [-0.39, 0.29) is 6.79 Å². The Labute approximate surface area is 132 Å². The third-order valence-electron chi connectivity index (χ3n) is 3.65. The predicted molar refractivity (Wildman–Crippen MR) is 83.7 cm³/mol. The second kappa shape index (κ2) is 5.43. The van der Waals surface area contributed by atoms with Crippen molar-refractivity contribution >= 4 is 0 Å². The zero-order valence-corrected chi connectivity index (χ0v) is 12.1. The minimum atomic E-state index is 0.249. The van der Waals surface area contributed by atoms with Crippen molar-refractivity contribution in [2.75, 3.05) is 6.79 Å². The van der Waals surface area contributed by atoms with Gasteiger partial charge in [-0.25, -0.2) is 9.97 Å². The average molecular weight is 301 g/mol. The summed E-state index contributed by atoms with van der Waals surface area (Å²) in [6.45, 7) is 0.249. The highest BCUT2D eigenvalue weighted by Crippen LogP contribution is 2.35. The van der Waals surface area contributed by atoms with Gasteiger partial charge in [0.05, 0.1) is 23.0 Å². The van der Waals surface area contributed by atoms with E-state index in [9.17, 15) is 0 Å². The fraction of sp³-hybridized carbons (Fsp3) is 0.0556. The molecule has 110 valence electrons. The van der Waals surface area contributed by atoms with E-state index in [1.54, 1.807) is 12.1 Å². The molecule has 0 fully saturated rings. The first-order valence-corrected chi connectivity index (χ1v) is 7.06. The first kappa shape index (κ1) is 13.3. The van der Waals surface area contributed by atoms with Gasteiger partial charge in [0.15, 0.2) is 11.5 Å². The van der Waals surface area contributed by atoms with Gasteiger partial charge in [0.2, 0.25) is 6.79 Å². The van der Waals surface area contributed by atoms with Gasteiger partial charge in [0, 0.05) is 11.1 Å². The Hall–Kier alpha value is -3.39. The quantitative estimate of drug-likeness (QED) is 0.725. The second-order valence-electron chi connectivity index (χ2n) is 5.05. The van der Waals surface area contributed by atoms with Crippen molar-refractivity contribution in [3.63, 3.8) is 0 Å². The lowest BCUT2D eigenvalue weighted by Gasteiger charge is -2.05. The molecule has 0 saturated heterocycles. The SMILES string of the molecule is N#Cc1ccc(-c2cc(-c3ccc4c(c3)OCO4)ncn2)cc1. The molecule has 0 saturated carbocycles. The van der Waals surface area contributed by atoms with Crippen LogP contribution in [0.2, 0.25) is 0 Å². The maximum Gasteiger partial charge on any atom is 0.231 e. The first-order valence-electron chi connectivity index (χ1n) is 7.06. The molecule has 0 unspecified atom stereocenters. The molecule has 1 aliphatic heterocycles. The van der Waals surface area contributed by atoms with Crippen molar-refractivity contribution in [2.24, 2.45) is 0 Å². The second-order valence-corrected chi connectivity index (χ2v) is 5.05. The van der Waals surface area contributed by atoms with Crippen molar-refractivity contribution in [2.45, 2.75) is 0 Å². The monoisotopic (exact) mass is 301 g/mol. The predicted octanol–water partition coefficient (Wildman–Crippen LogP) is 3.41. The highest BCUT2D eigenvalue weighted by Gasteiger charge is 2.14. The summed E-state index contributed by atoms with van der Waals surface area (Å²) in [7, 11) is 0. The number of aromatic nitrogens is 2. The van der Waals surface area contributed by atoms with Crippen LogP contribution in [0, 0.1) is 11.3 Å². The summed E-state index contributed by atoms with van der Waals surface area (Å²) in [5.74, 6) is 1.47. The van der Waals surface area contributed by atoms with Crippen LogP contribution in [0.4, 0.5) is 0 Å². The molecule has 4 rings (SSSR count). The lowest BCUT2D eigenvalue weighted by Crippen LogP contribution is -1.93. The molecule has 5 nitrogen and oxygen atoms in total. The summed E-state index contributed by atoms with van der Waals surface area (Å²) in [5.41, 5.74) is 4.11. The molecule has 1 aromatic heterocycles. The van der Waals surface area contributed by atoms with Crippen LogP contribution in [0.5, 0.6) is 11.5 Å². The molecule has 23 heavy (non-hydrogen) atoms. The van der Waals surface area contributed by atoms with Crippen LogP contribution in [-0.2, 0) is 0 Å². The smallest absolute Gasteiger partial charge is 0.231 e. The van der Waals surface area contributed by atoms with E-state index in [0.29, 0.717) is 5.56 Å². The highest BCUT2D eigenvalue weighted by molar-refractivity contribution is 5.69. The number of nitriles is 1. The standard InChI is InChI=1S/C18H11N3O2/c19-9-12-1-3-13(4-2-12)15-8-16(21-10-20-15)14-5-6-17-18(7-14)23-11-22-17/h1-8,10H,11H2. The van der Waals surface area contributed by atoms with Gasteiger partial charge in [-0.1, -0.05) is 12.1 Å². The molecule has 1 aliphatic rings. The molecule has 0 spiro atoms. The van der Waals surface area contributed by atoms with Crippen molar-refractivity contribution in [3.8, 4) is 40.1 Å². The van der Waals surface area contributed by atoms with Gasteiger partial charge >= 0.3 is 0 Å². The third-order valence-corrected chi connectivity index (χ3v) is 3.65. The Morgan fingerprint density at radius 1 is 0.826 bits per heavy atom. The highest BCUT2D eigenvalue weighted by atomic mass is 16.7. The molecule has 2 heterocycles. The van der Waals surface area contributed by atoms with Gasteiger partial charge in [-0.2, -0.15) is 5.26 Å². The number of fused-ring (bicyclic) bond motifs is 1. The van der Waals surface area contributed by atoms with E-state index in [1.165, 1.54) is 6.33 Å². The lowest BCUT2D eigenvalue weighted by atomic mass is 10.1. The van der Waals surface area contributed by atoms with Crippen molar-refractivity contribution in [1.29, 1.82) is 5.26 Å². The van der Waals surface area contributed by atoms with Crippen LogP contribution >= 0.6 is 0 Å². The molecule has 3 aromatic rings. The van der Waals surface area contributed by atoms with Gasteiger partial charge < -0.3 is 9.47 Å². The zero-order chi connectivity index (χ0) is 15.6. The molecule has 0 atom stereocenters. The number of hydrogen-bond donors (Lipinski definition) is 0. The van der Waals surface area contributed by atoms with Crippen LogP contribution in [-0.4, -0.2) is 16.8 Å². The molecule has 5 heteroatoms. The molecule has 0 amide bonds. The number of nitrogens with zero attached hydrogens (tertiary/aromatic N) is 3. The number of rotatable bonds is 2. The molecular formula is C18H11N3O2. The van der Waals surface area contributed by atoms with Crippen molar-refractivity contribution in [1.82, 2.24) is 9.97 Å². The summed E-state index contributed by atoms with van der Waals surface area (Å²) in [4.78, 5) is 8.65. The molecule has 0 radical (unpaired) electrons. The Morgan fingerprint density at radius 2 is 1.52 bits per heavy atom. The zero-order valence-electron chi connectivity index (χ0n) is 12.1. The third kappa shape index (κ3) is 2.47. The van der Waals surface area contributed by atoms with Crippen molar-refractivity contribution in [3.05, 3.63) is 60.4 Å².